The van der Waals surface area contributed by atoms with Crippen LogP contribution in [0.25, 0.3) is 0 Å². The highest BCUT2D eigenvalue weighted by atomic mass is 31.2. The number of carboxylic acid groups (broad SMARTS) is 1. The van der Waals surface area contributed by atoms with E-state index in [-0.39, 0.29) is 19.4 Å². The highest BCUT2D eigenvalue weighted by Gasteiger charge is 2.28. The number of hydrogen-bond acceptors (Lipinski definition) is 9. The minimum absolute atomic E-state index is 0.165. The number of unbranched alkanes of at least 4 members (excludes halogenated alkanes) is 21. The van der Waals surface area contributed by atoms with E-state index in [0.717, 1.165) is 57.8 Å². The molecule has 11 nitrogen and oxygen atoms in total. The Morgan fingerprint density at radius 3 is 1.52 bits per heavy atom. The Morgan fingerprint density at radius 2 is 1.02 bits per heavy atom. The molecule has 12 heteroatoms. The molecule has 0 rings (SSSR count). The summed E-state index contributed by atoms with van der Waals surface area (Å²) in [6.07, 6.45) is 31.4. The molecule has 50 heavy (non-hydrogen) atoms. The van der Waals surface area contributed by atoms with Crippen LogP contribution in [0.3, 0.4) is 0 Å². The van der Waals surface area contributed by atoms with E-state index in [9.17, 15) is 23.8 Å². The maximum Gasteiger partial charge on any atom is 0.472 e. The number of rotatable bonds is 37. The van der Waals surface area contributed by atoms with Crippen molar-refractivity contribution in [2.24, 2.45) is 5.73 Å². The van der Waals surface area contributed by atoms with Gasteiger partial charge in [-0.25, -0.2) is 4.57 Å². The van der Waals surface area contributed by atoms with Gasteiger partial charge in [-0.15, -0.1) is 0 Å². The van der Waals surface area contributed by atoms with Crippen LogP contribution < -0.4 is 5.73 Å². The van der Waals surface area contributed by atoms with Gasteiger partial charge in [-0.3, -0.25) is 23.4 Å². The van der Waals surface area contributed by atoms with Gasteiger partial charge in [0.05, 0.1) is 13.2 Å². The molecule has 4 N–H and O–H groups in total. The van der Waals surface area contributed by atoms with Crippen LogP contribution in [0.15, 0.2) is 12.2 Å². The summed E-state index contributed by atoms with van der Waals surface area (Å²) in [5, 5.41) is 8.86. The lowest BCUT2D eigenvalue weighted by Crippen LogP contribution is -2.34. The van der Waals surface area contributed by atoms with E-state index < -0.39 is 51.1 Å². The van der Waals surface area contributed by atoms with Gasteiger partial charge in [-0.05, 0) is 32.1 Å². The Bertz CT molecular complexity index is 916. The Kier molecular flexibility index (Phi) is 33.1. The second-order valence-electron chi connectivity index (χ2n) is 13.4. The molecular formula is C38H72NO10P. The summed E-state index contributed by atoms with van der Waals surface area (Å²) in [4.78, 5) is 45.7. The Hall–Kier alpha value is -1.78. The normalized spacial score (nSPS) is 14.0. The first-order valence-electron chi connectivity index (χ1n) is 19.7. The first-order chi connectivity index (χ1) is 24.1. The summed E-state index contributed by atoms with van der Waals surface area (Å²) in [6, 6.07) is -1.52. The summed E-state index contributed by atoms with van der Waals surface area (Å²) >= 11 is 0. The van der Waals surface area contributed by atoms with Crippen LogP contribution in [0.4, 0.5) is 0 Å². The van der Waals surface area contributed by atoms with E-state index >= 15 is 0 Å². The third kappa shape index (κ3) is 33.4. The smallest absolute Gasteiger partial charge is 0.472 e. The fourth-order valence-corrected chi connectivity index (χ4v) is 6.12. The molecule has 0 aromatic carbocycles. The number of nitrogens with two attached hydrogens (primary N) is 1. The zero-order valence-corrected chi connectivity index (χ0v) is 32.4. The summed E-state index contributed by atoms with van der Waals surface area (Å²) in [5.74, 6) is -2.38. The molecule has 0 spiro atoms. The molecule has 0 amide bonds. The number of aliphatic carboxylic acids is 1. The molecule has 0 aromatic rings. The maximum atomic E-state index is 12.6. The van der Waals surface area contributed by atoms with Gasteiger partial charge in [0.25, 0.3) is 0 Å². The van der Waals surface area contributed by atoms with Gasteiger partial charge in [0.1, 0.15) is 12.6 Å². The van der Waals surface area contributed by atoms with Gasteiger partial charge in [0.15, 0.2) is 6.10 Å². The highest BCUT2D eigenvalue weighted by molar-refractivity contribution is 7.47. The van der Waals surface area contributed by atoms with E-state index in [2.05, 4.69) is 30.5 Å². The molecule has 0 aromatic heterocycles. The van der Waals surface area contributed by atoms with E-state index in [1.807, 2.05) is 0 Å². The summed E-state index contributed by atoms with van der Waals surface area (Å²) < 4.78 is 32.6. The minimum atomic E-state index is -4.70. The van der Waals surface area contributed by atoms with Crippen LogP contribution in [0.1, 0.15) is 181 Å². The highest BCUT2D eigenvalue weighted by Crippen LogP contribution is 2.43. The molecule has 3 atom stereocenters. The van der Waals surface area contributed by atoms with E-state index in [1.54, 1.807) is 0 Å². The van der Waals surface area contributed by atoms with Crippen molar-refractivity contribution in [1.29, 1.82) is 0 Å². The van der Waals surface area contributed by atoms with Crippen LogP contribution >= 0.6 is 7.82 Å². The second kappa shape index (κ2) is 34.3. The second-order valence-corrected chi connectivity index (χ2v) is 14.9. The summed E-state index contributed by atoms with van der Waals surface area (Å²) in [5.41, 5.74) is 5.32. The first-order valence-corrected chi connectivity index (χ1v) is 21.2. The van der Waals surface area contributed by atoms with Crippen molar-refractivity contribution in [3.63, 3.8) is 0 Å². The van der Waals surface area contributed by atoms with E-state index in [1.165, 1.54) is 83.5 Å². The quantitative estimate of drug-likeness (QED) is 0.0240. The van der Waals surface area contributed by atoms with Crippen LogP contribution in [-0.4, -0.2) is 59.9 Å². The number of carboxylic acids is 1. The fourth-order valence-electron chi connectivity index (χ4n) is 5.34. The summed E-state index contributed by atoms with van der Waals surface area (Å²) in [6.45, 7) is 2.75. The van der Waals surface area contributed by atoms with Crippen LogP contribution in [0.5, 0.6) is 0 Å². The lowest BCUT2D eigenvalue weighted by molar-refractivity contribution is -0.161. The molecule has 0 saturated carbocycles. The number of carbonyl (C=O) groups excluding carboxylic acids is 2. The third-order valence-electron chi connectivity index (χ3n) is 8.51. The van der Waals surface area contributed by atoms with Gasteiger partial charge in [0.2, 0.25) is 0 Å². The number of carbonyl (C=O) groups is 3. The largest absolute Gasteiger partial charge is 0.480 e. The van der Waals surface area contributed by atoms with Gasteiger partial charge >= 0.3 is 25.7 Å². The van der Waals surface area contributed by atoms with Crippen molar-refractivity contribution < 1.29 is 47.5 Å². The van der Waals surface area contributed by atoms with Crippen molar-refractivity contribution in [3.05, 3.63) is 12.2 Å². The lowest BCUT2D eigenvalue weighted by atomic mass is 10.0. The van der Waals surface area contributed by atoms with E-state index in [0.29, 0.717) is 12.8 Å². The molecule has 0 heterocycles. The number of hydrogen-bond donors (Lipinski definition) is 3. The SMILES string of the molecule is CCCCC=CCCCCCCCC(=O)OCC(COP(=O)(O)OCC(N)C(=O)O)OC(=O)CCCCCCCCCCCCCCCCC. The Morgan fingerprint density at radius 1 is 0.600 bits per heavy atom. The molecule has 0 aliphatic heterocycles. The average molecular weight is 734 g/mol. The molecule has 0 saturated heterocycles. The lowest BCUT2D eigenvalue weighted by Gasteiger charge is -2.20. The van der Waals surface area contributed by atoms with Gasteiger partial charge in [-0.1, -0.05) is 148 Å². The fraction of sp³-hybridized carbons (Fsp3) is 0.868. The molecular weight excluding hydrogens is 661 g/mol. The van der Waals surface area contributed by atoms with Gasteiger partial charge in [-0.2, -0.15) is 0 Å². The predicted molar refractivity (Wildman–Crippen MR) is 199 cm³/mol. The van der Waals surface area contributed by atoms with Crippen LogP contribution in [-0.2, 0) is 37.5 Å². The molecule has 0 radical (unpaired) electrons. The summed E-state index contributed by atoms with van der Waals surface area (Å²) in [7, 11) is -4.70. The molecule has 3 unspecified atom stereocenters. The molecule has 0 aliphatic rings. The number of phosphoric acid groups is 1. The van der Waals surface area contributed by atoms with Crippen LogP contribution in [0, 0.1) is 0 Å². The van der Waals surface area contributed by atoms with Crippen LogP contribution in [0.2, 0.25) is 0 Å². The van der Waals surface area contributed by atoms with Crippen molar-refractivity contribution >= 4 is 25.7 Å². The van der Waals surface area contributed by atoms with Crippen molar-refractivity contribution in [3.8, 4) is 0 Å². The average Bonchev–Trinajstić information content (AvgIpc) is 3.09. The zero-order valence-electron chi connectivity index (χ0n) is 31.5. The zero-order chi connectivity index (χ0) is 37.1. The van der Waals surface area contributed by atoms with Crippen molar-refractivity contribution in [2.45, 2.75) is 193 Å². The standard InChI is InChI=1S/C38H72NO10P/c1-3-5-7-9-11-13-15-16-17-18-20-22-24-26-28-30-37(41)49-34(32-47-50(44,45)48-33-35(39)38(42)43)31-46-36(40)29-27-25-23-21-19-14-12-10-8-6-4-2/h10,12,34-35H,3-9,11,13-33,39H2,1-2H3,(H,42,43)(H,44,45). The minimum Gasteiger partial charge on any atom is -0.480 e. The molecule has 294 valence electrons. The topological polar surface area (TPSA) is 172 Å². The number of ether oxygens (including phenoxy) is 2. The van der Waals surface area contributed by atoms with E-state index in [4.69, 9.17) is 24.8 Å². The molecule has 0 bridgehead atoms. The van der Waals surface area contributed by atoms with Gasteiger partial charge in [0, 0.05) is 12.8 Å². The Labute approximate surface area is 303 Å². The molecule has 0 fully saturated rings. The van der Waals surface area contributed by atoms with Gasteiger partial charge < -0.3 is 25.2 Å². The van der Waals surface area contributed by atoms with Crippen molar-refractivity contribution in [2.75, 3.05) is 19.8 Å². The molecule has 0 aliphatic carbocycles. The predicted octanol–water partition coefficient (Wildman–Crippen LogP) is 9.73. The number of phosphoric ester groups is 1. The third-order valence-corrected chi connectivity index (χ3v) is 9.46. The number of allylic oxidation sites excluding steroid dienone is 2. The number of esters is 2. The Balaban J connectivity index is 4.40. The maximum absolute atomic E-state index is 12.6. The monoisotopic (exact) mass is 733 g/mol. The first kappa shape index (κ1) is 48.2. The van der Waals surface area contributed by atoms with Crippen molar-refractivity contribution in [1.82, 2.24) is 0 Å².